The summed E-state index contributed by atoms with van der Waals surface area (Å²) in [5.41, 5.74) is 0.418. The molecule has 1 amide bonds. The molecule has 0 spiro atoms. The number of nitrogens with one attached hydrogen (secondary N) is 1. The number of anilines is 1. The minimum absolute atomic E-state index is 0.129. The number of hydrogen-bond donors (Lipinski definition) is 1. The highest BCUT2D eigenvalue weighted by molar-refractivity contribution is 5.97. The van der Waals surface area contributed by atoms with E-state index in [4.69, 9.17) is 0 Å². The molecule has 0 saturated carbocycles. The van der Waals surface area contributed by atoms with Gasteiger partial charge in [0.05, 0.1) is 22.2 Å². The van der Waals surface area contributed by atoms with Gasteiger partial charge < -0.3 is 5.32 Å². The van der Waals surface area contributed by atoms with Crippen LogP contribution in [0, 0.1) is 10.1 Å². The summed E-state index contributed by atoms with van der Waals surface area (Å²) in [6.45, 7) is 1.13. The van der Waals surface area contributed by atoms with Gasteiger partial charge >= 0.3 is 0 Å². The summed E-state index contributed by atoms with van der Waals surface area (Å²) >= 11 is 0. The average molecular weight is 366 g/mol. The number of Topliss-reactive ketones (excluding diaryl/α,β-unsaturated/α-hetero) is 1. The molecule has 3 rings (SSSR count). The fourth-order valence-corrected chi connectivity index (χ4v) is 2.54. The van der Waals surface area contributed by atoms with Crippen molar-refractivity contribution in [3.05, 3.63) is 74.8 Å². The van der Waals surface area contributed by atoms with Gasteiger partial charge in [0.25, 0.3) is 11.2 Å². The molecule has 0 aliphatic carbocycles. The molecule has 1 heterocycles. The first-order valence-electron chi connectivity index (χ1n) is 7.89. The molecule has 0 radical (unpaired) electrons. The van der Waals surface area contributed by atoms with Crippen LogP contribution in [0.3, 0.4) is 0 Å². The maximum absolute atomic E-state index is 12.5. The second kappa shape index (κ2) is 7.16. The molecule has 1 aromatic heterocycles. The molecule has 0 aliphatic heterocycles. The molecule has 0 aliphatic rings. The van der Waals surface area contributed by atoms with Gasteiger partial charge in [-0.3, -0.25) is 29.1 Å². The normalized spacial score (nSPS) is 10.6. The van der Waals surface area contributed by atoms with Crippen molar-refractivity contribution in [3.8, 4) is 0 Å². The third-order valence-corrected chi connectivity index (χ3v) is 3.89. The van der Waals surface area contributed by atoms with Crippen LogP contribution in [0.25, 0.3) is 10.9 Å². The monoisotopic (exact) mass is 366 g/mol. The highest BCUT2D eigenvalue weighted by Gasteiger charge is 2.12. The minimum atomic E-state index is -0.574. The Morgan fingerprint density at radius 3 is 2.70 bits per heavy atom. The van der Waals surface area contributed by atoms with Crippen LogP contribution in [0.4, 0.5) is 11.4 Å². The average Bonchev–Trinajstić information content (AvgIpc) is 2.64. The Balaban J connectivity index is 1.83. The zero-order chi connectivity index (χ0) is 19.6. The van der Waals surface area contributed by atoms with E-state index >= 15 is 0 Å². The number of hydrogen-bond acceptors (Lipinski definition) is 6. The number of rotatable bonds is 5. The summed E-state index contributed by atoms with van der Waals surface area (Å²) in [5, 5.41) is 13.6. The van der Waals surface area contributed by atoms with E-state index in [1.165, 1.54) is 31.5 Å². The standard InChI is InChI=1S/C18H14N4O5/c1-11(23)12-3-2-4-13(7-12)20-17(24)9-21-10-19-16-8-14(22(26)27)5-6-15(16)18(21)25/h2-8,10H,9H2,1H3,(H,20,24). The van der Waals surface area contributed by atoms with E-state index in [1.807, 2.05) is 0 Å². The molecule has 27 heavy (non-hydrogen) atoms. The number of amides is 1. The Hall–Kier alpha value is -3.88. The largest absolute Gasteiger partial charge is 0.325 e. The maximum Gasteiger partial charge on any atom is 0.271 e. The molecule has 0 atom stereocenters. The lowest BCUT2D eigenvalue weighted by Gasteiger charge is -2.08. The van der Waals surface area contributed by atoms with Crippen LogP contribution in [-0.4, -0.2) is 26.2 Å². The lowest BCUT2D eigenvalue weighted by atomic mass is 10.1. The number of carbonyl (C=O) groups is 2. The molecule has 0 bridgehead atoms. The third-order valence-electron chi connectivity index (χ3n) is 3.89. The molecule has 0 saturated heterocycles. The summed E-state index contributed by atoms with van der Waals surface area (Å²) in [4.78, 5) is 50.3. The second-order valence-corrected chi connectivity index (χ2v) is 5.82. The highest BCUT2D eigenvalue weighted by Crippen LogP contribution is 2.16. The van der Waals surface area contributed by atoms with E-state index < -0.39 is 16.4 Å². The number of nitro groups is 1. The molecule has 1 N–H and O–H groups in total. The zero-order valence-corrected chi connectivity index (χ0v) is 14.2. The quantitative estimate of drug-likeness (QED) is 0.419. The number of nitro benzene ring substituents is 1. The van der Waals surface area contributed by atoms with Gasteiger partial charge in [-0.05, 0) is 25.1 Å². The predicted molar refractivity (Wildman–Crippen MR) is 97.7 cm³/mol. The van der Waals surface area contributed by atoms with Gasteiger partial charge in [0.1, 0.15) is 6.54 Å². The van der Waals surface area contributed by atoms with Crippen LogP contribution >= 0.6 is 0 Å². The van der Waals surface area contributed by atoms with Crippen LogP contribution in [0.2, 0.25) is 0 Å². The molecular weight excluding hydrogens is 352 g/mol. The smallest absolute Gasteiger partial charge is 0.271 e. The number of benzene rings is 2. The van der Waals surface area contributed by atoms with Gasteiger partial charge in [-0.1, -0.05) is 12.1 Å². The second-order valence-electron chi connectivity index (χ2n) is 5.82. The number of ketones is 1. The van der Waals surface area contributed by atoms with E-state index in [1.54, 1.807) is 24.3 Å². The summed E-state index contributed by atoms with van der Waals surface area (Å²) in [6.07, 6.45) is 1.17. The summed E-state index contributed by atoms with van der Waals surface area (Å²) in [7, 11) is 0. The van der Waals surface area contributed by atoms with Gasteiger partial charge in [0.15, 0.2) is 5.78 Å². The first-order valence-corrected chi connectivity index (χ1v) is 7.89. The van der Waals surface area contributed by atoms with E-state index in [0.717, 1.165) is 4.57 Å². The highest BCUT2D eigenvalue weighted by atomic mass is 16.6. The predicted octanol–water partition coefficient (Wildman–Crippen LogP) is 2.15. The van der Waals surface area contributed by atoms with E-state index in [-0.39, 0.29) is 28.9 Å². The lowest BCUT2D eigenvalue weighted by molar-refractivity contribution is -0.384. The minimum Gasteiger partial charge on any atom is -0.325 e. The first-order chi connectivity index (χ1) is 12.8. The molecule has 2 aromatic carbocycles. The van der Waals surface area contributed by atoms with Crippen molar-refractivity contribution in [3.63, 3.8) is 0 Å². The molecule has 0 unspecified atom stereocenters. The maximum atomic E-state index is 12.5. The van der Waals surface area contributed by atoms with E-state index in [9.17, 15) is 24.5 Å². The van der Waals surface area contributed by atoms with Crippen LogP contribution in [0.5, 0.6) is 0 Å². The van der Waals surface area contributed by atoms with Crippen LogP contribution < -0.4 is 10.9 Å². The fourth-order valence-electron chi connectivity index (χ4n) is 2.54. The molecule has 0 fully saturated rings. The van der Waals surface area contributed by atoms with Crippen molar-refractivity contribution in [2.24, 2.45) is 0 Å². The summed E-state index contributed by atoms with van der Waals surface area (Å²) in [5.74, 6) is -0.601. The third kappa shape index (κ3) is 3.87. The first kappa shape index (κ1) is 17.9. The number of nitrogens with zero attached hydrogens (tertiary/aromatic N) is 3. The molecule has 9 heteroatoms. The van der Waals surface area contributed by atoms with Gasteiger partial charge in [-0.25, -0.2) is 4.98 Å². The number of non-ortho nitro benzene ring substituents is 1. The Kier molecular flexibility index (Phi) is 4.75. The van der Waals surface area contributed by atoms with Crippen molar-refractivity contribution < 1.29 is 14.5 Å². The Bertz CT molecular complexity index is 1140. The Morgan fingerprint density at radius 2 is 2.00 bits per heavy atom. The molecule has 136 valence electrons. The van der Waals surface area contributed by atoms with Crippen LogP contribution in [-0.2, 0) is 11.3 Å². The van der Waals surface area contributed by atoms with Gasteiger partial charge in [-0.2, -0.15) is 0 Å². The van der Waals surface area contributed by atoms with E-state index in [0.29, 0.717) is 11.3 Å². The summed E-state index contributed by atoms with van der Waals surface area (Å²) in [6, 6.07) is 10.2. The zero-order valence-electron chi connectivity index (χ0n) is 14.2. The van der Waals surface area contributed by atoms with Crippen molar-refractivity contribution in [1.82, 2.24) is 9.55 Å². The van der Waals surface area contributed by atoms with Crippen LogP contribution in [0.1, 0.15) is 17.3 Å². The van der Waals surface area contributed by atoms with Crippen molar-refractivity contribution >= 4 is 34.0 Å². The Labute approximate surface area is 152 Å². The van der Waals surface area contributed by atoms with Gasteiger partial charge in [-0.15, -0.1) is 0 Å². The van der Waals surface area contributed by atoms with Gasteiger partial charge in [0.2, 0.25) is 5.91 Å². The lowest BCUT2D eigenvalue weighted by Crippen LogP contribution is -2.28. The van der Waals surface area contributed by atoms with Crippen molar-refractivity contribution in [2.75, 3.05) is 5.32 Å². The van der Waals surface area contributed by atoms with Gasteiger partial charge in [0, 0.05) is 23.4 Å². The van der Waals surface area contributed by atoms with Crippen LogP contribution in [0.15, 0.2) is 53.6 Å². The fraction of sp³-hybridized carbons (Fsp3) is 0.111. The number of carbonyl (C=O) groups excluding carboxylic acids is 2. The number of fused-ring (bicyclic) bond motifs is 1. The topological polar surface area (TPSA) is 124 Å². The van der Waals surface area contributed by atoms with E-state index in [2.05, 4.69) is 10.3 Å². The molecule has 3 aromatic rings. The van der Waals surface area contributed by atoms with Crippen molar-refractivity contribution in [1.29, 1.82) is 0 Å². The number of aromatic nitrogens is 2. The summed E-state index contributed by atoms with van der Waals surface area (Å²) < 4.78 is 1.11. The SMILES string of the molecule is CC(=O)c1cccc(NC(=O)Cn2cnc3cc([N+](=O)[O-])ccc3c2=O)c1. The molecule has 9 nitrogen and oxygen atoms in total. The van der Waals surface area contributed by atoms with Crippen molar-refractivity contribution in [2.45, 2.75) is 13.5 Å². The molecular formula is C18H14N4O5. The Morgan fingerprint density at radius 1 is 1.22 bits per heavy atom.